The van der Waals surface area contributed by atoms with E-state index in [1.54, 1.807) is 6.07 Å². The zero-order valence-corrected chi connectivity index (χ0v) is 18.2. The largest absolute Gasteiger partial charge is 0.482 e. The fourth-order valence-corrected chi connectivity index (χ4v) is 4.21. The van der Waals surface area contributed by atoms with Crippen molar-refractivity contribution in [3.05, 3.63) is 101 Å². The minimum Gasteiger partial charge on any atom is -0.482 e. The predicted molar refractivity (Wildman–Crippen MR) is 126 cm³/mol. The molecule has 6 heteroatoms. The summed E-state index contributed by atoms with van der Waals surface area (Å²) < 4.78 is 5.43. The van der Waals surface area contributed by atoms with E-state index in [4.69, 9.17) is 9.84 Å². The topological polar surface area (TPSA) is 88.0 Å². The number of aliphatic carboxylic acids is 1. The fourth-order valence-electron chi connectivity index (χ4n) is 4.21. The predicted octanol–water partition coefficient (Wildman–Crippen LogP) is 4.21. The summed E-state index contributed by atoms with van der Waals surface area (Å²) in [6.45, 7) is -0.356. The van der Waals surface area contributed by atoms with E-state index in [9.17, 15) is 9.59 Å². The number of carbonyl (C=O) groups is 2. The molecule has 1 unspecified atom stereocenters. The first-order valence-electron chi connectivity index (χ1n) is 11.0. The zero-order valence-electron chi connectivity index (χ0n) is 18.2. The Kier molecular flexibility index (Phi) is 7.15. The Morgan fingerprint density at radius 1 is 0.939 bits per heavy atom. The van der Waals surface area contributed by atoms with Gasteiger partial charge in [0.2, 0.25) is 5.91 Å². The van der Waals surface area contributed by atoms with Crippen molar-refractivity contribution in [1.82, 2.24) is 5.43 Å². The summed E-state index contributed by atoms with van der Waals surface area (Å²) in [5, 5.41) is 13.3. The van der Waals surface area contributed by atoms with Gasteiger partial charge in [0.1, 0.15) is 5.75 Å². The monoisotopic (exact) mass is 442 g/mol. The Balaban J connectivity index is 1.42. The zero-order chi connectivity index (χ0) is 23.0. The van der Waals surface area contributed by atoms with Crippen LogP contribution in [-0.2, 0) is 22.4 Å². The molecule has 0 saturated heterocycles. The first-order valence-corrected chi connectivity index (χ1v) is 11.0. The lowest BCUT2D eigenvalue weighted by Gasteiger charge is -2.25. The molecule has 0 aliphatic heterocycles. The maximum atomic E-state index is 12.7. The third kappa shape index (κ3) is 5.86. The van der Waals surface area contributed by atoms with Gasteiger partial charge in [-0.15, -0.1) is 0 Å². The fraction of sp³-hybridized carbons (Fsp3) is 0.222. The first kappa shape index (κ1) is 22.3. The van der Waals surface area contributed by atoms with Crippen molar-refractivity contribution < 1.29 is 19.4 Å². The van der Waals surface area contributed by atoms with Crippen LogP contribution in [0.1, 0.15) is 35.1 Å². The third-order valence-electron chi connectivity index (χ3n) is 5.75. The lowest BCUT2D eigenvalue weighted by Crippen LogP contribution is -2.26. The second-order valence-electron chi connectivity index (χ2n) is 8.12. The number of carboxylic acids is 1. The van der Waals surface area contributed by atoms with Crippen LogP contribution in [0.3, 0.4) is 0 Å². The molecule has 0 fully saturated rings. The lowest BCUT2D eigenvalue weighted by molar-refractivity contribution is -0.139. The van der Waals surface area contributed by atoms with Gasteiger partial charge in [0.25, 0.3) is 0 Å². The summed E-state index contributed by atoms with van der Waals surface area (Å²) in [5.41, 5.74) is 7.50. The summed E-state index contributed by atoms with van der Waals surface area (Å²) in [6.07, 6.45) is 2.72. The highest BCUT2D eigenvalue weighted by Gasteiger charge is 2.23. The molecule has 6 nitrogen and oxygen atoms in total. The standard InChI is InChI=1S/C27H26N2O4/c30-25(28-29-27(20-8-3-1-4-9-20)21-10-5-2-6-11-21)17-19-14-15-23-22(16-19)12-7-13-24(23)33-18-26(31)32/h1-13,19H,14-18H2,(H,28,30)(H,31,32). The molecule has 168 valence electrons. The molecule has 3 aromatic rings. The minimum atomic E-state index is -0.996. The number of nitrogens with zero attached hydrogens (tertiary/aromatic N) is 1. The number of nitrogens with one attached hydrogen (secondary N) is 1. The molecule has 1 amide bonds. The van der Waals surface area contributed by atoms with Crippen LogP contribution in [0.15, 0.2) is 84.0 Å². The van der Waals surface area contributed by atoms with Crippen molar-refractivity contribution in [3.8, 4) is 5.75 Å². The molecule has 1 aliphatic rings. The van der Waals surface area contributed by atoms with E-state index in [0.29, 0.717) is 12.2 Å². The molecule has 0 aromatic heterocycles. The van der Waals surface area contributed by atoms with Gasteiger partial charge in [-0.1, -0.05) is 72.8 Å². The van der Waals surface area contributed by atoms with Crippen molar-refractivity contribution in [1.29, 1.82) is 0 Å². The number of amides is 1. The van der Waals surface area contributed by atoms with E-state index in [0.717, 1.165) is 47.2 Å². The molecule has 33 heavy (non-hydrogen) atoms. The number of rotatable bonds is 8. The quantitative estimate of drug-likeness (QED) is 0.404. The van der Waals surface area contributed by atoms with Crippen LogP contribution in [0.5, 0.6) is 5.75 Å². The van der Waals surface area contributed by atoms with E-state index in [1.807, 2.05) is 72.8 Å². The normalized spacial score (nSPS) is 14.6. The summed E-state index contributed by atoms with van der Waals surface area (Å²) in [4.78, 5) is 23.6. The van der Waals surface area contributed by atoms with Crippen LogP contribution in [0.25, 0.3) is 0 Å². The Bertz CT molecular complexity index is 1100. The van der Waals surface area contributed by atoms with Gasteiger partial charge in [0.15, 0.2) is 6.61 Å². The summed E-state index contributed by atoms with van der Waals surface area (Å²) in [5.74, 6) is -0.299. The number of fused-ring (bicyclic) bond motifs is 1. The van der Waals surface area contributed by atoms with Crippen molar-refractivity contribution in [2.24, 2.45) is 11.0 Å². The SMILES string of the molecule is O=C(O)COc1cccc2c1CCC(CC(=O)NN=C(c1ccccc1)c1ccccc1)C2. The maximum Gasteiger partial charge on any atom is 0.341 e. The molecule has 1 atom stereocenters. The van der Waals surface area contributed by atoms with Gasteiger partial charge in [-0.05, 0) is 42.4 Å². The van der Waals surface area contributed by atoms with E-state index >= 15 is 0 Å². The van der Waals surface area contributed by atoms with E-state index in [-0.39, 0.29) is 18.4 Å². The number of carbonyl (C=O) groups excluding carboxylic acids is 1. The molecule has 0 bridgehead atoms. The molecule has 3 aromatic carbocycles. The molecule has 0 heterocycles. The number of carboxylic acid groups (broad SMARTS) is 1. The number of benzene rings is 3. The maximum absolute atomic E-state index is 12.7. The van der Waals surface area contributed by atoms with Crippen LogP contribution in [-0.4, -0.2) is 29.3 Å². The number of hydrogen-bond acceptors (Lipinski definition) is 4. The average molecular weight is 443 g/mol. The molecule has 1 aliphatic carbocycles. The Morgan fingerprint density at radius 2 is 1.61 bits per heavy atom. The highest BCUT2D eigenvalue weighted by Crippen LogP contribution is 2.33. The molecular formula is C27H26N2O4. The highest BCUT2D eigenvalue weighted by atomic mass is 16.5. The number of hydrazone groups is 1. The van der Waals surface area contributed by atoms with Crippen LogP contribution in [0.4, 0.5) is 0 Å². The summed E-state index contributed by atoms with van der Waals surface area (Å²) in [7, 11) is 0. The van der Waals surface area contributed by atoms with Crippen LogP contribution < -0.4 is 10.2 Å². The van der Waals surface area contributed by atoms with E-state index in [1.165, 1.54) is 0 Å². The van der Waals surface area contributed by atoms with E-state index < -0.39 is 5.97 Å². The smallest absolute Gasteiger partial charge is 0.341 e. The van der Waals surface area contributed by atoms with Crippen molar-refractivity contribution >= 4 is 17.6 Å². The third-order valence-corrected chi connectivity index (χ3v) is 5.75. The van der Waals surface area contributed by atoms with Crippen LogP contribution in [0, 0.1) is 5.92 Å². The van der Waals surface area contributed by atoms with Crippen molar-refractivity contribution in [3.63, 3.8) is 0 Å². The lowest BCUT2D eigenvalue weighted by atomic mass is 9.82. The number of ether oxygens (including phenoxy) is 1. The Labute approximate surface area is 192 Å². The van der Waals surface area contributed by atoms with Crippen LogP contribution >= 0.6 is 0 Å². The Hall–Kier alpha value is -3.93. The average Bonchev–Trinajstić information content (AvgIpc) is 2.84. The van der Waals surface area contributed by atoms with Gasteiger partial charge in [0, 0.05) is 17.5 Å². The van der Waals surface area contributed by atoms with Crippen molar-refractivity contribution in [2.75, 3.05) is 6.61 Å². The molecule has 0 spiro atoms. The minimum absolute atomic E-state index is 0.119. The molecular weight excluding hydrogens is 416 g/mol. The van der Waals surface area contributed by atoms with Gasteiger partial charge in [-0.25, -0.2) is 10.2 Å². The van der Waals surface area contributed by atoms with Gasteiger partial charge in [0.05, 0.1) is 5.71 Å². The first-order chi connectivity index (χ1) is 16.1. The molecule has 0 saturated carbocycles. The Morgan fingerprint density at radius 3 is 2.24 bits per heavy atom. The van der Waals surface area contributed by atoms with Gasteiger partial charge in [-0.3, -0.25) is 4.79 Å². The van der Waals surface area contributed by atoms with Gasteiger partial charge < -0.3 is 9.84 Å². The van der Waals surface area contributed by atoms with E-state index in [2.05, 4.69) is 10.5 Å². The van der Waals surface area contributed by atoms with Crippen LogP contribution in [0.2, 0.25) is 0 Å². The number of hydrogen-bond donors (Lipinski definition) is 2. The molecule has 2 N–H and O–H groups in total. The second-order valence-corrected chi connectivity index (χ2v) is 8.12. The second kappa shape index (κ2) is 10.6. The van der Waals surface area contributed by atoms with Crippen molar-refractivity contribution in [2.45, 2.75) is 25.7 Å². The summed E-state index contributed by atoms with van der Waals surface area (Å²) in [6, 6.07) is 25.3. The molecule has 4 rings (SSSR count). The highest BCUT2D eigenvalue weighted by molar-refractivity contribution is 6.13. The molecule has 0 radical (unpaired) electrons. The van der Waals surface area contributed by atoms with Gasteiger partial charge >= 0.3 is 5.97 Å². The summed E-state index contributed by atoms with van der Waals surface area (Å²) >= 11 is 0. The van der Waals surface area contributed by atoms with Gasteiger partial charge in [-0.2, -0.15) is 5.10 Å².